The smallest absolute Gasteiger partial charge is 0.311 e. The molecule has 2 heterocycles. The number of hydrogen-bond donors (Lipinski definition) is 1. The predicted octanol–water partition coefficient (Wildman–Crippen LogP) is 3.38. The van der Waals surface area contributed by atoms with Crippen LogP contribution in [0.3, 0.4) is 0 Å². The van der Waals surface area contributed by atoms with E-state index < -0.39 is 17.7 Å². The van der Waals surface area contributed by atoms with E-state index in [4.69, 9.17) is 16.0 Å². The van der Waals surface area contributed by atoms with Gasteiger partial charge in [0.05, 0.1) is 28.0 Å². The van der Waals surface area contributed by atoms with Crippen molar-refractivity contribution in [1.82, 2.24) is 4.98 Å². The number of nitrogens with one attached hydrogen (secondary N) is 1. The zero-order chi connectivity index (χ0) is 18.3. The Morgan fingerprint density at radius 2 is 1.77 bits per heavy atom. The molecule has 0 saturated heterocycles. The van der Waals surface area contributed by atoms with Crippen molar-refractivity contribution < 1.29 is 18.8 Å². The third-order valence-electron chi connectivity index (χ3n) is 3.87. The van der Waals surface area contributed by atoms with E-state index in [9.17, 15) is 14.4 Å². The van der Waals surface area contributed by atoms with Crippen LogP contribution in [0.5, 0.6) is 0 Å². The maximum absolute atomic E-state index is 12.5. The molecule has 128 valence electrons. The lowest BCUT2D eigenvalue weighted by molar-refractivity contribution is 0.0924. The van der Waals surface area contributed by atoms with Crippen molar-refractivity contribution in [3.63, 3.8) is 0 Å². The van der Waals surface area contributed by atoms with Gasteiger partial charge in [-0.2, -0.15) is 0 Å². The summed E-state index contributed by atoms with van der Waals surface area (Å²) in [5.41, 5.74) is 1.27. The van der Waals surface area contributed by atoms with E-state index in [0.717, 1.165) is 4.90 Å². The van der Waals surface area contributed by atoms with Crippen LogP contribution in [0, 0.1) is 0 Å². The molecule has 8 heteroatoms. The molecule has 3 aromatic rings. The molecule has 0 spiro atoms. The number of amides is 3. The van der Waals surface area contributed by atoms with Gasteiger partial charge in [-0.05, 0) is 30.3 Å². The SMILES string of the molecule is O=C(Nc1ccc(N2C(=O)c3ccccc3C2=O)c(Cl)c1)c1ncco1. The number of halogens is 1. The van der Waals surface area contributed by atoms with E-state index in [2.05, 4.69) is 10.3 Å². The Labute approximate surface area is 152 Å². The van der Waals surface area contributed by atoms with Gasteiger partial charge in [0, 0.05) is 5.69 Å². The first-order valence-electron chi connectivity index (χ1n) is 7.54. The summed E-state index contributed by atoms with van der Waals surface area (Å²) in [5, 5.41) is 2.72. The summed E-state index contributed by atoms with van der Waals surface area (Å²) in [6.07, 6.45) is 2.64. The summed E-state index contributed by atoms with van der Waals surface area (Å²) >= 11 is 6.25. The van der Waals surface area contributed by atoms with Crippen LogP contribution < -0.4 is 10.2 Å². The van der Waals surface area contributed by atoms with Gasteiger partial charge < -0.3 is 9.73 Å². The van der Waals surface area contributed by atoms with E-state index in [1.54, 1.807) is 24.3 Å². The molecule has 0 fully saturated rings. The number of nitrogens with zero attached hydrogens (tertiary/aromatic N) is 2. The Morgan fingerprint density at radius 1 is 1.08 bits per heavy atom. The van der Waals surface area contributed by atoms with E-state index in [1.807, 2.05) is 0 Å². The Kier molecular flexibility index (Phi) is 3.78. The fourth-order valence-electron chi connectivity index (χ4n) is 2.69. The number of fused-ring (bicyclic) bond motifs is 1. The standard InChI is InChI=1S/C18H10ClN3O4/c19-13-9-10(21-15(23)16-20-7-8-26-16)5-6-14(13)22-17(24)11-3-1-2-4-12(11)18(22)25/h1-9H,(H,21,23). The molecule has 2 aromatic carbocycles. The second kappa shape index (κ2) is 6.12. The highest BCUT2D eigenvalue weighted by Crippen LogP contribution is 2.34. The van der Waals surface area contributed by atoms with Crippen LogP contribution >= 0.6 is 11.6 Å². The van der Waals surface area contributed by atoms with Gasteiger partial charge in [-0.15, -0.1) is 0 Å². The van der Waals surface area contributed by atoms with Gasteiger partial charge in [-0.3, -0.25) is 14.4 Å². The van der Waals surface area contributed by atoms with Gasteiger partial charge in [0.1, 0.15) is 6.26 Å². The Hall–Kier alpha value is -3.45. The second-order valence-electron chi connectivity index (χ2n) is 5.45. The molecule has 0 aliphatic carbocycles. The van der Waals surface area contributed by atoms with Crippen LogP contribution in [0.2, 0.25) is 5.02 Å². The van der Waals surface area contributed by atoms with Gasteiger partial charge in [-0.25, -0.2) is 9.88 Å². The van der Waals surface area contributed by atoms with Gasteiger partial charge in [0.25, 0.3) is 17.7 Å². The number of benzene rings is 2. The molecule has 26 heavy (non-hydrogen) atoms. The largest absolute Gasteiger partial charge is 0.441 e. The lowest BCUT2D eigenvalue weighted by Gasteiger charge is -2.16. The molecule has 0 radical (unpaired) electrons. The molecular formula is C18H10ClN3O4. The zero-order valence-corrected chi connectivity index (χ0v) is 13.9. The molecule has 1 aromatic heterocycles. The minimum absolute atomic E-state index is 0.0921. The van der Waals surface area contributed by atoms with Crippen molar-refractivity contribution in [2.75, 3.05) is 10.2 Å². The number of anilines is 2. The first kappa shape index (κ1) is 16.0. The zero-order valence-electron chi connectivity index (χ0n) is 13.1. The molecule has 0 saturated carbocycles. The highest BCUT2D eigenvalue weighted by atomic mass is 35.5. The summed E-state index contributed by atoms with van der Waals surface area (Å²) in [5.74, 6) is -1.52. The van der Waals surface area contributed by atoms with Gasteiger partial charge in [-0.1, -0.05) is 23.7 Å². The molecule has 0 bridgehead atoms. The fourth-order valence-corrected chi connectivity index (χ4v) is 2.96. The minimum Gasteiger partial charge on any atom is -0.441 e. The lowest BCUT2D eigenvalue weighted by Crippen LogP contribution is -2.29. The topological polar surface area (TPSA) is 92.5 Å². The van der Waals surface area contributed by atoms with E-state index in [1.165, 1.54) is 30.7 Å². The summed E-state index contributed by atoms with van der Waals surface area (Å²) in [6.45, 7) is 0. The van der Waals surface area contributed by atoms with Crippen LogP contribution in [0.4, 0.5) is 11.4 Å². The highest BCUT2D eigenvalue weighted by Gasteiger charge is 2.37. The summed E-state index contributed by atoms with van der Waals surface area (Å²) < 4.78 is 4.91. The van der Waals surface area contributed by atoms with E-state index in [0.29, 0.717) is 16.8 Å². The molecule has 3 amide bonds. The average Bonchev–Trinajstić information content (AvgIpc) is 3.25. The predicted molar refractivity (Wildman–Crippen MR) is 93.5 cm³/mol. The first-order chi connectivity index (χ1) is 12.6. The third kappa shape index (κ3) is 2.55. The van der Waals surface area contributed by atoms with Crippen LogP contribution in [-0.2, 0) is 0 Å². The van der Waals surface area contributed by atoms with Crippen molar-refractivity contribution in [2.45, 2.75) is 0 Å². The maximum atomic E-state index is 12.5. The van der Waals surface area contributed by atoms with Gasteiger partial charge in [0.2, 0.25) is 0 Å². The van der Waals surface area contributed by atoms with Crippen molar-refractivity contribution in [3.8, 4) is 0 Å². The number of hydrogen-bond acceptors (Lipinski definition) is 5. The molecule has 0 atom stereocenters. The van der Waals surface area contributed by atoms with Crippen LogP contribution in [0.25, 0.3) is 0 Å². The minimum atomic E-state index is -0.542. The number of carbonyl (C=O) groups is 3. The molecule has 7 nitrogen and oxygen atoms in total. The van der Waals surface area contributed by atoms with Crippen LogP contribution in [-0.4, -0.2) is 22.7 Å². The Morgan fingerprint density at radius 3 is 2.35 bits per heavy atom. The first-order valence-corrected chi connectivity index (χ1v) is 7.92. The van der Waals surface area contributed by atoms with Gasteiger partial charge >= 0.3 is 5.91 Å². The number of aromatic nitrogens is 1. The van der Waals surface area contributed by atoms with Crippen molar-refractivity contribution in [3.05, 3.63) is 77.0 Å². The second-order valence-corrected chi connectivity index (χ2v) is 5.86. The summed E-state index contributed by atoms with van der Waals surface area (Å²) in [7, 11) is 0. The molecule has 1 aliphatic rings. The lowest BCUT2D eigenvalue weighted by atomic mass is 10.1. The van der Waals surface area contributed by atoms with E-state index in [-0.39, 0.29) is 16.6 Å². The third-order valence-corrected chi connectivity index (χ3v) is 4.17. The quantitative estimate of drug-likeness (QED) is 0.716. The summed E-state index contributed by atoms with van der Waals surface area (Å²) in [6, 6.07) is 11.0. The van der Waals surface area contributed by atoms with E-state index >= 15 is 0 Å². The van der Waals surface area contributed by atoms with Gasteiger partial charge in [0.15, 0.2) is 0 Å². The van der Waals surface area contributed by atoms with Crippen LogP contribution in [0.1, 0.15) is 31.4 Å². The number of imide groups is 1. The number of carbonyl (C=O) groups excluding carboxylic acids is 3. The number of oxazole rings is 1. The molecule has 0 unspecified atom stereocenters. The normalized spacial score (nSPS) is 13.0. The molecule has 1 aliphatic heterocycles. The fraction of sp³-hybridized carbons (Fsp3) is 0. The monoisotopic (exact) mass is 367 g/mol. The highest BCUT2D eigenvalue weighted by molar-refractivity contribution is 6.40. The van der Waals surface area contributed by atoms with Crippen molar-refractivity contribution in [2.24, 2.45) is 0 Å². The van der Waals surface area contributed by atoms with Crippen molar-refractivity contribution in [1.29, 1.82) is 0 Å². The number of rotatable bonds is 3. The Balaban J connectivity index is 1.62. The molecular weight excluding hydrogens is 358 g/mol. The molecule has 1 N–H and O–H groups in total. The maximum Gasteiger partial charge on any atom is 0.311 e. The Bertz CT molecular complexity index is 1010. The summed E-state index contributed by atoms with van der Waals surface area (Å²) in [4.78, 5) is 41.8. The van der Waals surface area contributed by atoms with Crippen LogP contribution in [0.15, 0.2) is 59.3 Å². The van der Waals surface area contributed by atoms with Crippen molar-refractivity contribution >= 4 is 40.7 Å². The molecule has 4 rings (SSSR count). The average molecular weight is 368 g/mol.